The second-order valence-corrected chi connectivity index (χ2v) is 12.9. The standard InChI is InChI=1S/C21H32N2O5S2/c1-6-28-20(24)19(23-30(26,27)21(2,3)4)18-14-10-11-16(18)15-29(25,22-5)17-12-8-7-9-13-17/h7-9,12-13,15,18-19,23H,6,10-11,14H2,1-5H3/b16-15-/t18-,19+,29?/m1/s1. The largest absolute Gasteiger partial charge is 0.465 e. The van der Waals surface area contributed by atoms with Gasteiger partial charge in [-0.3, -0.25) is 4.79 Å². The Morgan fingerprint density at radius 3 is 2.43 bits per heavy atom. The van der Waals surface area contributed by atoms with Crippen LogP contribution in [0.4, 0.5) is 0 Å². The number of rotatable bonds is 7. The molecule has 1 aliphatic carbocycles. The number of ether oxygens (including phenoxy) is 1. The third kappa shape index (κ3) is 5.50. The van der Waals surface area contributed by atoms with Crippen molar-refractivity contribution in [3.8, 4) is 0 Å². The number of hydrogen-bond donors (Lipinski definition) is 1. The molecule has 0 heterocycles. The Morgan fingerprint density at radius 1 is 1.27 bits per heavy atom. The molecule has 0 aliphatic heterocycles. The van der Waals surface area contributed by atoms with Crippen molar-refractivity contribution < 1.29 is 22.2 Å². The highest BCUT2D eigenvalue weighted by Gasteiger charge is 2.41. The molecule has 2 rings (SSSR count). The van der Waals surface area contributed by atoms with Gasteiger partial charge in [-0.2, -0.15) is 4.72 Å². The van der Waals surface area contributed by atoms with Gasteiger partial charge in [0.2, 0.25) is 10.0 Å². The summed E-state index contributed by atoms with van der Waals surface area (Å²) in [6.07, 6.45) is 1.98. The van der Waals surface area contributed by atoms with E-state index in [9.17, 15) is 17.4 Å². The fraction of sp³-hybridized carbons (Fsp3) is 0.571. The number of benzene rings is 1. The lowest BCUT2D eigenvalue weighted by Crippen LogP contribution is -2.51. The molecule has 0 amide bonds. The lowest BCUT2D eigenvalue weighted by atomic mass is 9.95. The van der Waals surface area contributed by atoms with Gasteiger partial charge in [-0.1, -0.05) is 23.8 Å². The van der Waals surface area contributed by atoms with Crippen LogP contribution in [0.2, 0.25) is 0 Å². The van der Waals surface area contributed by atoms with E-state index in [-0.39, 0.29) is 6.61 Å². The van der Waals surface area contributed by atoms with Crippen molar-refractivity contribution in [2.75, 3.05) is 13.7 Å². The van der Waals surface area contributed by atoms with E-state index in [0.717, 1.165) is 12.0 Å². The lowest BCUT2D eigenvalue weighted by molar-refractivity contribution is -0.146. The van der Waals surface area contributed by atoms with E-state index in [2.05, 4.69) is 9.08 Å². The molecular weight excluding hydrogens is 424 g/mol. The Hall–Kier alpha value is -1.71. The highest BCUT2D eigenvalue weighted by Crippen LogP contribution is 2.36. The average Bonchev–Trinajstić information content (AvgIpc) is 3.13. The van der Waals surface area contributed by atoms with Gasteiger partial charge >= 0.3 is 5.97 Å². The maximum Gasteiger partial charge on any atom is 0.324 e. The normalized spacial score (nSPS) is 21.8. The van der Waals surface area contributed by atoms with Gasteiger partial charge in [-0.25, -0.2) is 17.0 Å². The van der Waals surface area contributed by atoms with Gasteiger partial charge in [-0.05, 0) is 59.1 Å². The van der Waals surface area contributed by atoms with E-state index >= 15 is 0 Å². The molecule has 1 aromatic rings. The average molecular weight is 457 g/mol. The second kappa shape index (κ2) is 9.62. The molecule has 0 aromatic heterocycles. The Bertz CT molecular complexity index is 1000. The zero-order valence-electron chi connectivity index (χ0n) is 18.3. The van der Waals surface area contributed by atoms with Crippen molar-refractivity contribution in [3.05, 3.63) is 41.3 Å². The van der Waals surface area contributed by atoms with Crippen LogP contribution in [0.1, 0.15) is 47.0 Å². The van der Waals surface area contributed by atoms with Gasteiger partial charge in [0.15, 0.2) is 0 Å². The molecule has 168 valence electrons. The lowest BCUT2D eigenvalue weighted by Gasteiger charge is -2.28. The SMILES string of the molecule is CCOC(=O)[C@@H](NS(=O)(=O)C(C)(C)C)[C@@H]1CCC/C1=C/S(=O)(=NC)c1ccccc1. The molecule has 1 fully saturated rings. The van der Waals surface area contributed by atoms with Crippen molar-refractivity contribution in [1.82, 2.24) is 4.72 Å². The van der Waals surface area contributed by atoms with Crippen LogP contribution in [0.25, 0.3) is 0 Å². The fourth-order valence-electron chi connectivity index (χ4n) is 3.34. The summed E-state index contributed by atoms with van der Waals surface area (Å²) >= 11 is 0. The fourth-order valence-corrected chi connectivity index (χ4v) is 5.99. The molecule has 0 saturated heterocycles. The number of hydrogen-bond acceptors (Lipinski definition) is 6. The molecule has 1 aliphatic rings. The van der Waals surface area contributed by atoms with E-state index in [4.69, 9.17) is 4.74 Å². The van der Waals surface area contributed by atoms with E-state index in [1.54, 1.807) is 57.4 Å². The van der Waals surface area contributed by atoms with E-state index < -0.39 is 42.4 Å². The molecule has 1 N–H and O–H groups in total. The maximum absolute atomic E-state index is 13.5. The third-order valence-corrected chi connectivity index (χ3v) is 9.44. The summed E-state index contributed by atoms with van der Waals surface area (Å²) in [7, 11) is -5.13. The van der Waals surface area contributed by atoms with Crippen molar-refractivity contribution in [1.29, 1.82) is 0 Å². The first-order chi connectivity index (χ1) is 13.9. The summed E-state index contributed by atoms with van der Waals surface area (Å²) in [4.78, 5) is 13.3. The molecule has 3 atom stereocenters. The number of sulfonamides is 1. The van der Waals surface area contributed by atoms with E-state index in [0.29, 0.717) is 17.7 Å². The summed E-state index contributed by atoms with van der Waals surface area (Å²) < 4.78 is 49.9. The highest BCUT2D eigenvalue weighted by atomic mass is 32.2. The Morgan fingerprint density at radius 2 is 1.90 bits per heavy atom. The zero-order chi connectivity index (χ0) is 22.6. The molecule has 1 saturated carbocycles. The monoisotopic (exact) mass is 456 g/mol. The molecule has 7 nitrogen and oxygen atoms in total. The number of nitrogens with zero attached hydrogens (tertiary/aromatic N) is 1. The molecule has 1 unspecified atom stereocenters. The minimum absolute atomic E-state index is 0.142. The number of nitrogens with one attached hydrogen (secondary N) is 1. The Labute approximate surface area is 180 Å². The first-order valence-electron chi connectivity index (χ1n) is 10.0. The predicted octanol–water partition coefficient (Wildman–Crippen LogP) is 3.48. The van der Waals surface area contributed by atoms with Gasteiger partial charge in [0.25, 0.3) is 0 Å². The van der Waals surface area contributed by atoms with Crippen LogP contribution in [0.3, 0.4) is 0 Å². The van der Waals surface area contributed by atoms with Crippen LogP contribution in [0, 0.1) is 5.92 Å². The van der Waals surface area contributed by atoms with Gasteiger partial charge in [0.1, 0.15) is 6.04 Å². The molecule has 0 spiro atoms. The molecule has 1 aromatic carbocycles. The van der Waals surface area contributed by atoms with Gasteiger partial charge < -0.3 is 4.74 Å². The van der Waals surface area contributed by atoms with Crippen molar-refractivity contribution in [2.24, 2.45) is 10.3 Å². The van der Waals surface area contributed by atoms with Crippen LogP contribution >= 0.6 is 0 Å². The topological polar surface area (TPSA) is 102 Å². The van der Waals surface area contributed by atoms with Gasteiger partial charge in [-0.15, -0.1) is 0 Å². The van der Waals surface area contributed by atoms with E-state index in [1.807, 2.05) is 6.07 Å². The van der Waals surface area contributed by atoms with Crippen LogP contribution in [0.15, 0.2) is 50.6 Å². The van der Waals surface area contributed by atoms with Crippen molar-refractivity contribution >= 4 is 25.7 Å². The Kier molecular flexibility index (Phi) is 7.87. The quantitative estimate of drug-likeness (QED) is 0.633. The van der Waals surface area contributed by atoms with Gasteiger partial charge in [0.05, 0.1) is 26.0 Å². The number of esters is 1. The molecule has 9 heteroatoms. The molecule has 30 heavy (non-hydrogen) atoms. The highest BCUT2D eigenvalue weighted by molar-refractivity contribution is 7.96. The third-order valence-electron chi connectivity index (χ3n) is 5.15. The predicted molar refractivity (Wildman–Crippen MR) is 119 cm³/mol. The summed E-state index contributed by atoms with van der Waals surface area (Å²) in [5, 5.41) is 1.62. The minimum Gasteiger partial charge on any atom is -0.465 e. The maximum atomic E-state index is 13.5. The van der Waals surface area contributed by atoms with Crippen molar-refractivity contribution in [2.45, 2.75) is 62.6 Å². The Balaban J connectivity index is 2.49. The van der Waals surface area contributed by atoms with E-state index in [1.165, 1.54) is 7.05 Å². The number of carbonyl (C=O) groups is 1. The minimum atomic E-state index is -3.80. The van der Waals surface area contributed by atoms with Crippen LogP contribution in [0.5, 0.6) is 0 Å². The molecule has 0 bridgehead atoms. The smallest absolute Gasteiger partial charge is 0.324 e. The summed E-state index contributed by atoms with van der Waals surface area (Å²) in [6.45, 7) is 6.53. The summed E-state index contributed by atoms with van der Waals surface area (Å²) in [5.74, 6) is -1.06. The van der Waals surface area contributed by atoms with Crippen LogP contribution < -0.4 is 4.72 Å². The number of carbonyl (C=O) groups excluding carboxylic acids is 1. The van der Waals surface area contributed by atoms with Crippen LogP contribution in [-0.2, 0) is 29.3 Å². The first kappa shape index (κ1) is 24.6. The molecule has 0 radical (unpaired) electrons. The zero-order valence-corrected chi connectivity index (χ0v) is 19.9. The summed E-state index contributed by atoms with van der Waals surface area (Å²) in [6, 6.07) is 7.86. The van der Waals surface area contributed by atoms with Crippen molar-refractivity contribution in [3.63, 3.8) is 0 Å². The second-order valence-electron chi connectivity index (χ2n) is 8.22. The van der Waals surface area contributed by atoms with Gasteiger partial charge in [0, 0.05) is 18.4 Å². The summed E-state index contributed by atoms with van der Waals surface area (Å²) in [5.41, 5.74) is 0.768. The van der Waals surface area contributed by atoms with Crippen LogP contribution in [-0.4, -0.2) is 43.0 Å². The first-order valence-corrected chi connectivity index (χ1v) is 13.1. The molecular formula is C21H32N2O5S2.